The van der Waals surface area contributed by atoms with E-state index in [1.807, 2.05) is 0 Å². The van der Waals surface area contributed by atoms with E-state index in [-0.39, 0.29) is 0 Å². The quantitative estimate of drug-likeness (QED) is 0.127. The molecule has 0 saturated heterocycles. The van der Waals surface area contributed by atoms with E-state index in [1.165, 1.54) is 76.5 Å². The van der Waals surface area contributed by atoms with Crippen LogP contribution in [0.5, 0.6) is 0 Å². The minimum absolute atomic E-state index is 0.399. The van der Waals surface area contributed by atoms with E-state index >= 15 is 0 Å². The maximum atomic E-state index is 2.44. The van der Waals surface area contributed by atoms with Gasteiger partial charge in [0.2, 0.25) is 0 Å². The van der Waals surface area contributed by atoms with E-state index in [2.05, 4.69) is 268 Å². The molecular formula is C64H52N2. The number of hydrogen-bond acceptors (Lipinski definition) is 2. The zero-order chi connectivity index (χ0) is 44.7. The molecule has 66 heavy (non-hydrogen) atoms. The van der Waals surface area contributed by atoms with Crippen molar-refractivity contribution in [1.29, 1.82) is 0 Å². The van der Waals surface area contributed by atoms with Crippen LogP contribution in [-0.2, 0) is 0 Å². The monoisotopic (exact) mass is 848 g/mol. The molecule has 11 rings (SSSR count). The van der Waals surface area contributed by atoms with Gasteiger partial charge in [0.1, 0.15) is 0 Å². The molecular weight excluding hydrogens is 797 g/mol. The first-order chi connectivity index (χ1) is 32.4. The number of benzene rings is 11. The van der Waals surface area contributed by atoms with Crippen LogP contribution < -0.4 is 9.80 Å². The van der Waals surface area contributed by atoms with Crippen molar-refractivity contribution >= 4 is 77.2 Å². The fourth-order valence-electron chi connectivity index (χ4n) is 9.89. The topological polar surface area (TPSA) is 6.48 Å². The molecule has 0 radical (unpaired) electrons. The van der Waals surface area contributed by atoms with Crippen molar-refractivity contribution < 1.29 is 0 Å². The van der Waals surface area contributed by atoms with Gasteiger partial charge in [0.05, 0.1) is 0 Å². The van der Waals surface area contributed by atoms with E-state index in [1.54, 1.807) is 0 Å². The van der Waals surface area contributed by atoms with Crippen LogP contribution in [0.2, 0.25) is 0 Å². The Morgan fingerprint density at radius 3 is 1.03 bits per heavy atom. The summed E-state index contributed by atoms with van der Waals surface area (Å²) in [6, 6.07) is 85.4. The van der Waals surface area contributed by atoms with Crippen LogP contribution in [0, 0.1) is 0 Å². The normalized spacial score (nSPS) is 11.6. The molecule has 0 unspecified atom stereocenters. The third-order valence-corrected chi connectivity index (χ3v) is 13.3. The predicted molar refractivity (Wildman–Crippen MR) is 285 cm³/mol. The van der Waals surface area contributed by atoms with Gasteiger partial charge in [-0.2, -0.15) is 0 Å². The average molecular weight is 849 g/mol. The van der Waals surface area contributed by atoms with E-state index in [0.717, 1.165) is 34.1 Å². The number of para-hydroxylation sites is 2. The molecule has 0 N–H and O–H groups in total. The molecule has 0 saturated carbocycles. The second-order valence-electron chi connectivity index (χ2n) is 18.2. The van der Waals surface area contributed by atoms with Crippen molar-refractivity contribution in [3.05, 3.63) is 242 Å². The van der Waals surface area contributed by atoms with Gasteiger partial charge in [-0.3, -0.25) is 0 Å². The molecule has 11 aromatic carbocycles. The zero-order valence-corrected chi connectivity index (χ0v) is 38.0. The zero-order valence-electron chi connectivity index (χ0n) is 38.0. The van der Waals surface area contributed by atoms with Gasteiger partial charge in [0.15, 0.2) is 0 Å². The fourth-order valence-corrected chi connectivity index (χ4v) is 9.89. The van der Waals surface area contributed by atoms with Crippen LogP contribution in [0.15, 0.2) is 231 Å². The molecule has 0 atom stereocenters. The summed E-state index contributed by atoms with van der Waals surface area (Å²) >= 11 is 0. The van der Waals surface area contributed by atoms with Gasteiger partial charge in [0, 0.05) is 34.1 Å². The summed E-state index contributed by atoms with van der Waals surface area (Å²) in [6.45, 7) is 9.07. The van der Waals surface area contributed by atoms with Gasteiger partial charge in [0.25, 0.3) is 0 Å². The lowest BCUT2D eigenvalue weighted by atomic mass is 9.84. The van der Waals surface area contributed by atoms with Crippen LogP contribution in [0.3, 0.4) is 0 Å². The summed E-state index contributed by atoms with van der Waals surface area (Å²) in [4.78, 5) is 4.84. The lowest BCUT2D eigenvalue weighted by Crippen LogP contribution is -2.11. The molecule has 0 spiro atoms. The van der Waals surface area contributed by atoms with Crippen molar-refractivity contribution in [2.45, 2.75) is 39.5 Å². The number of hydrogen-bond donors (Lipinski definition) is 0. The summed E-state index contributed by atoms with van der Waals surface area (Å²) < 4.78 is 0. The van der Waals surface area contributed by atoms with Gasteiger partial charge in [-0.1, -0.05) is 173 Å². The van der Waals surface area contributed by atoms with Crippen molar-refractivity contribution in [3.8, 4) is 22.3 Å². The Bertz CT molecular complexity index is 3310. The smallest absolute Gasteiger partial charge is 0.0468 e. The van der Waals surface area contributed by atoms with Gasteiger partial charge in [-0.05, 0) is 173 Å². The van der Waals surface area contributed by atoms with Gasteiger partial charge >= 0.3 is 0 Å². The third kappa shape index (κ3) is 7.55. The Balaban J connectivity index is 1.25. The van der Waals surface area contributed by atoms with Crippen molar-refractivity contribution in [3.63, 3.8) is 0 Å². The first kappa shape index (κ1) is 40.8. The summed E-state index contributed by atoms with van der Waals surface area (Å²) in [5, 5.41) is 9.73. The summed E-state index contributed by atoms with van der Waals surface area (Å²) in [5.74, 6) is 0.799. The minimum atomic E-state index is 0.399. The molecule has 0 bridgehead atoms. The average Bonchev–Trinajstić information content (AvgIpc) is 3.36. The van der Waals surface area contributed by atoms with Crippen LogP contribution in [0.1, 0.15) is 50.7 Å². The lowest BCUT2D eigenvalue weighted by Gasteiger charge is -2.29. The maximum absolute atomic E-state index is 2.44. The molecule has 0 aromatic heterocycles. The van der Waals surface area contributed by atoms with Crippen LogP contribution in [-0.4, -0.2) is 0 Å². The molecule has 318 valence electrons. The highest BCUT2D eigenvalue weighted by molar-refractivity contribution is 6.23. The van der Waals surface area contributed by atoms with E-state index in [9.17, 15) is 0 Å². The van der Waals surface area contributed by atoms with E-state index in [4.69, 9.17) is 0 Å². The first-order valence-electron chi connectivity index (χ1n) is 23.3. The van der Waals surface area contributed by atoms with Crippen molar-refractivity contribution in [1.82, 2.24) is 0 Å². The van der Waals surface area contributed by atoms with Crippen LogP contribution in [0.4, 0.5) is 34.1 Å². The summed E-state index contributed by atoms with van der Waals surface area (Å²) in [5.41, 5.74) is 14.2. The number of nitrogens with zero attached hydrogens (tertiary/aromatic N) is 2. The molecule has 0 aliphatic heterocycles. The van der Waals surface area contributed by atoms with Crippen molar-refractivity contribution in [2.75, 3.05) is 9.80 Å². The molecule has 0 fully saturated rings. The maximum Gasteiger partial charge on any atom is 0.0468 e. The molecule has 2 heteroatoms. The SMILES string of the molecule is CC(C)c1cccc(N(c2ccccc2)c2ccc3c(-c4ccc5ccccc5c4)c4cc(N(c5ccccc5)c5cccc(C(C)C)c5)ccc4c(-c4ccc5ccccc5c4)c3c2)c1. The Kier molecular flexibility index (Phi) is 10.6. The van der Waals surface area contributed by atoms with Crippen LogP contribution >= 0.6 is 0 Å². The Labute approximate surface area is 388 Å². The van der Waals surface area contributed by atoms with Gasteiger partial charge < -0.3 is 9.80 Å². The highest BCUT2D eigenvalue weighted by Gasteiger charge is 2.23. The molecule has 0 aliphatic carbocycles. The highest BCUT2D eigenvalue weighted by Crippen LogP contribution is 2.49. The second-order valence-corrected chi connectivity index (χ2v) is 18.2. The number of rotatable bonds is 10. The minimum Gasteiger partial charge on any atom is -0.310 e. The third-order valence-electron chi connectivity index (χ3n) is 13.3. The van der Waals surface area contributed by atoms with E-state index < -0.39 is 0 Å². The first-order valence-corrected chi connectivity index (χ1v) is 23.3. The Morgan fingerprint density at radius 2 is 0.621 bits per heavy atom. The number of anilines is 6. The van der Waals surface area contributed by atoms with Crippen LogP contribution in [0.25, 0.3) is 65.3 Å². The molecule has 11 aromatic rings. The summed E-state index contributed by atoms with van der Waals surface area (Å²) in [7, 11) is 0. The Hall–Kier alpha value is -7.94. The fraction of sp³-hybridized carbons (Fsp3) is 0.0938. The predicted octanol–water partition coefficient (Wildman–Crippen LogP) is 18.8. The molecule has 0 heterocycles. The molecule has 0 aliphatic rings. The summed E-state index contributed by atoms with van der Waals surface area (Å²) in [6.07, 6.45) is 0. The standard InChI is InChI=1S/C64H52N2/c1-43(2)47-21-15-27-55(39-47)65(53-23-7-5-8-24-53)57-33-35-59-61(41-57)63(51-31-29-45-17-11-13-19-49(45)37-51)60-36-34-58(42-62(60)64(59)52-32-30-46-18-12-14-20-50(46)38-52)66(54-25-9-6-10-26-54)56-28-16-22-48(40-56)44(3)4/h5-44H,1-4H3. The van der Waals surface area contributed by atoms with E-state index in [0.29, 0.717) is 11.8 Å². The largest absolute Gasteiger partial charge is 0.310 e. The van der Waals surface area contributed by atoms with Gasteiger partial charge in [-0.25, -0.2) is 0 Å². The van der Waals surface area contributed by atoms with Gasteiger partial charge in [-0.15, -0.1) is 0 Å². The highest BCUT2D eigenvalue weighted by atomic mass is 15.1. The molecule has 0 amide bonds. The lowest BCUT2D eigenvalue weighted by molar-refractivity contribution is 0.866. The number of fused-ring (bicyclic) bond motifs is 4. The Morgan fingerprint density at radius 1 is 0.258 bits per heavy atom. The van der Waals surface area contributed by atoms with Crippen molar-refractivity contribution in [2.24, 2.45) is 0 Å². The molecule has 2 nitrogen and oxygen atoms in total. The second kappa shape index (κ2) is 17.2.